The minimum absolute atomic E-state index is 0.314. The second kappa shape index (κ2) is 5.79. The van der Waals surface area contributed by atoms with E-state index in [4.69, 9.17) is 0 Å². The van der Waals surface area contributed by atoms with Crippen molar-refractivity contribution < 1.29 is 9.59 Å². The SMILES string of the molecule is O=C1NC(=O)c2cc(NCCCc3ccccc3)ccc21. The topological polar surface area (TPSA) is 58.2 Å². The van der Waals surface area contributed by atoms with E-state index in [1.165, 1.54) is 5.56 Å². The van der Waals surface area contributed by atoms with Crippen LogP contribution in [0.5, 0.6) is 0 Å². The predicted octanol–water partition coefficient (Wildman–Crippen LogP) is 2.61. The molecule has 4 nitrogen and oxygen atoms in total. The monoisotopic (exact) mass is 280 g/mol. The molecule has 0 saturated carbocycles. The van der Waals surface area contributed by atoms with Crippen LogP contribution in [0.2, 0.25) is 0 Å². The molecule has 0 saturated heterocycles. The van der Waals surface area contributed by atoms with E-state index in [0.717, 1.165) is 25.1 Å². The van der Waals surface area contributed by atoms with E-state index in [0.29, 0.717) is 11.1 Å². The zero-order valence-corrected chi connectivity index (χ0v) is 11.6. The third kappa shape index (κ3) is 2.94. The van der Waals surface area contributed by atoms with Crippen LogP contribution in [0.4, 0.5) is 5.69 Å². The molecule has 106 valence electrons. The van der Waals surface area contributed by atoms with Crippen molar-refractivity contribution in [2.75, 3.05) is 11.9 Å². The van der Waals surface area contributed by atoms with Crippen LogP contribution in [-0.2, 0) is 6.42 Å². The minimum Gasteiger partial charge on any atom is -0.385 e. The molecule has 1 aliphatic rings. The van der Waals surface area contributed by atoms with Gasteiger partial charge in [-0.05, 0) is 36.6 Å². The Hall–Kier alpha value is -2.62. The van der Waals surface area contributed by atoms with Gasteiger partial charge in [0.2, 0.25) is 0 Å². The average molecular weight is 280 g/mol. The number of hydrogen-bond acceptors (Lipinski definition) is 3. The fourth-order valence-corrected chi connectivity index (χ4v) is 2.45. The van der Waals surface area contributed by atoms with Crippen LogP contribution in [0.3, 0.4) is 0 Å². The van der Waals surface area contributed by atoms with Crippen LogP contribution >= 0.6 is 0 Å². The molecule has 3 rings (SSSR count). The number of carbonyl (C=O) groups excluding carboxylic acids is 2. The van der Waals surface area contributed by atoms with Gasteiger partial charge in [-0.15, -0.1) is 0 Å². The molecule has 0 radical (unpaired) electrons. The van der Waals surface area contributed by atoms with Gasteiger partial charge in [-0.3, -0.25) is 14.9 Å². The summed E-state index contributed by atoms with van der Waals surface area (Å²) in [5, 5.41) is 5.58. The van der Waals surface area contributed by atoms with Gasteiger partial charge in [0.15, 0.2) is 0 Å². The summed E-state index contributed by atoms with van der Waals surface area (Å²) in [7, 11) is 0. The first-order valence-electron chi connectivity index (χ1n) is 7.01. The van der Waals surface area contributed by atoms with Gasteiger partial charge >= 0.3 is 0 Å². The second-order valence-corrected chi connectivity index (χ2v) is 5.06. The lowest BCUT2D eigenvalue weighted by Crippen LogP contribution is -2.19. The van der Waals surface area contributed by atoms with Crippen molar-refractivity contribution in [1.82, 2.24) is 5.32 Å². The lowest BCUT2D eigenvalue weighted by atomic mass is 10.1. The standard InChI is InChI=1S/C17H16N2O2/c20-16-14-9-8-13(11-15(14)17(21)19-16)18-10-4-7-12-5-2-1-3-6-12/h1-3,5-6,8-9,11,18H,4,7,10H2,(H,19,20,21). The highest BCUT2D eigenvalue weighted by Gasteiger charge is 2.26. The van der Waals surface area contributed by atoms with Gasteiger partial charge in [0.05, 0.1) is 11.1 Å². The van der Waals surface area contributed by atoms with Crippen LogP contribution in [-0.4, -0.2) is 18.4 Å². The third-order valence-electron chi connectivity index (χ3n) is 3.55. The zero-order chi connectivity index (χ0) is 14.7. The Morgan fingerprint density at radius 3 is 2.48 bits per heavy atom. The highest BCUT2D eigenvalue weighted by atomic mass is 16.2. The maximum absolute atomic E-state index is 11.6. The molecular weight excluding hydrogens is 264 g/mol. The number of imide groups is 1. The highest BCUT2D eigenvalue weighted by molar-refractivity contribution is 6.21. The Balaban J connectivity index is 1.56. The summed E-state index contributed by atoms with van der Waals surface area (Å²) in [5.41, 5.74) is 3.09. The first-order chi connectivity index (χ1) is 10.2. The van der Waals surface area contributed by atoms with Gasteiger partial charge in [-0.2, -0.15) is 0 Å². The number of nitrogens with one attached hydrogen (secondary N) is 2. The summed E-state index contributed by atoms with van der Waals surface area (Å²) in [4.78, 5) is 23.0. The molecule has 0 fully saturated rings. The van der Waals surface area contributed by atoms with Gasteiger partial charge < -0.3 is 5.32 Å². The largest absolute Gasteiger partial charge is 0.385 e. The summed E-state index contributed by atoms with van der Waals surface area (Å²) < 4.78 is 0. The van der Waals surface area contributed by atoms with Gasteiger partial charge in [-0.25, -0.2) is 0 Å². The molecule has 0 spiro atoms. The normalized spacial score (nSPS) is 13.0. The first-order valence-corrected chi connectivity index (χ1v) is 7.01. The van der Waals surface area contributed by atoms with Crippen molar-refractivity contribution in [1.29, 1.82) is 0 Å². The maximum Gasteiger partial charge on any atom is 0.259 e. The number of hydrogen-bond donors (Lipinski definition) is 2. The molecule has 0 aromatic heterocycles. The second-order valence-electron chi connectivity index (χ2n) is 5.06. The fourth-order valence-electron chi connectivity index (χ4n) is 2.45. The highest BCUT2D eigenvalue weighted by Crippen LogP contribution is 2.20. The van der Waals surface area contributed by atoms with E-state index in [9.17, 15) is 9.59 Å². The number of amides is 2. The maximum atomic E-state index is 11.6. The van der Waals surface area contributed by atoms with Crippen molar-refractivity contribution in [3.05, 3.63) is 65.2 Å². The smallest absolute Gasteiger partial charge is 0.259 e. The van der Waals surface area contributed by atoms with E-state index in [2.05, 4.69) is 22.8 Å². The third-order valence-corrected chi connectivity index (χ3v) is 3.55. The van der Waals surface area contributed by atoms with Crippen LogP contribution in [0.1, 0.15) is 32.7 Å². The molecule has 4 heteroatoms. The molecule has 21 heavy (non-hydrogen) atoms. The Labute approximate surface area is 123 Å². The molecule has 2 aromatic rings. The molecule has 0 atom stereocenters. The Morgan fingerprint density at radius 2 is 1.67 bits per heavy atom. The molecule has 2 N–H and O–H groups in total. The zero-order valence-electron chi connectivity index (χ0n) is 11.6. The van der Waals surface area contributed by atoms with E-state index in [1.54, 1.807) is 12.1 Å². The van der Waals surface area contributed by atoms with E-state index < -0.39 is 0 Å². The van der Waals surface area contributed by atoms with Crippen molar-refractivity contribution in [3.8, 4) is 0 Å². The molecule has 2 amide bonds. The summed E-state index contributed by atoms with van der Waals surface area (Å²) in [6.07, 6.45) is 2.02. The van der Waals surface area contributed by atoms with E-state index in [1.807, 2.05) is 24.3 Å². The van der Waals surface area contributed by atoms with Crippen LogP contribution < -0.4 is 10.6 Å². The van der Waals surface area contributed by atoms with Gasteiger partial charge in [0, 0.05) is 12.2 Å². The molecule has 0 bridgehead atoms. The van der Waals surface area contributed by atoms with Gasteiger partial charge in [0.25, 0.3) is 11.8 Å². The molecular formula is C17H16N2O2. The number of rotatable bonds is 5. The Kier molecular flexibility index (Phi) is 3.69. The summed E-state index contributed by atoms with van der Waals surface area (Å²) in [6.45, 7) is 0.823. The van der Waals surface area contributed by atoms with Crippen LogP contribution in [0.25, 0.3) is 0 Å². The fraction of sp³-hybridized carbons (Fsp3) is 0.176. The van der Waals surface area contributed by atoms with Crippen molar-refractivity contribution >= 4 is 17.5 Å². The Bertz CT molecular complexity index is 680. The first kappa shape index (κ1) is 13.4. The van der Waals surface area contributed by atoms with Crippen molar-refractivity contribution in [2.45, 2.75) is 12.8 Å². The van der Waals surface area contributed by atoms with Gasteiger partial charge in [0.1, 0.15) is 0 Å². The summed E-state index contributed by atoms with van der Waals surface area (Å²) in [6, 6.07) is 15.6. The number of anilines is 1. The Morgan fingerprint density at radius 1 is 0.905 bits per heavy atom. The van der Waals surface area contributed by atoms with Crippen molar-refractivity contribution in [2.24, 2.45) is 0 Å². The van der Waals surface area contributed by atoms with E-state index in [-0.39, 0.29) is 11.8 Å². The lowest BCUT2D eigenvalue weighted by molar-refractivity contribution is 0.0879. The summed E-state index contributed by atoms with van der Waals surface area (Å²) in [5.74, 6) is -0.631. The predicted molar refractivity (Wildman–Crippen MR) is 81.5 cm³/mol. The number of fused-ring (bicyclic) bond motifs is 1. The number of aryl methyl sites for hydroxylation is 1. The molecule has 0 aliphatic carbocycles. The average Bonchev–Trinajstić information content (AvgIpc) is 2.79. The summed E-state index contributed by atoms with van der Waals surface area (Å²) >= 11 is 0. The van der Waals surface area contributed by atoms with Crippen LogP contribution in [0.15, 0.2) is 48.5 Å². The lowest BCUT2D eigenvalue weighted by Gasteiger charge is -2.07. The molecule has 2 aromatic carbocycles. The van der Waals surface area contributed by atoms with Crippen molar-refractivity contribution in [3.63, 3.8) is 0 Å². The van der Waals surface area contributed by atoms with E-state index >= 15 is 0 Å². The van der Waals surface area contributed by atoms with Crippen LogP contribution in [0, 0.1) is 0 Å². The molecule has 1 aliphatic heterocycles. The molecule has 0 unspecified atom stereocenters. The quantitative estimate of drug-likeness (QED) is 0.654. The van der Waals surface area contributed by atoms with Gasteiger partial charge in [-0.1, -0.05) is 30.3 Å². The molecule has 1 heterocycles. The number of carbonyl (C=O) groups is 2. The number of benzene rings is 2. The minimum atomic E-state index is -0.317.